The number of phenolic OH excluding ortho intramolecular Hbond substituents is 1. The first-order chi connectivity index (χ1) is 16.3. The lowest BCUT2D eigenvalue weighted by Gasteiger charge is -2.52. The lowest BCUT2D eigenvalue weighted by molar-refractivity contribution is -0.180. The van der Waals surface area contributed by atoms with E-state index in [1.807, 2.05) is 6.92 Å². The number of carbonyl (C=O) groups is 3. The molecular weight excluding hydrogens is 454 g/mol. The maximum Gasteiger partial charge on any atom is 0.233 e. The predicted molar refractivity (Wildman–Crippen MR) is 125 cm³/mol. The highest BCUT2D eigenvalue weighted by Crippen LogP contribution is 2.55. The number of carbonyl (C=O) groups excluding carboxylic acids is 3. The predicted octanol–water partition coefficient (Wildman–Crippen LogP) is 1.49. The summed E-state index contributed by atoms with van der Waals surface area (Å²) in [6.45, 7) is 7.19. The van der Waals surface area contributed by atoms with Crippen molar-refractivity contribution in [1.82, 2.24) is 5.32 Å². The third kappa shape index (κ3) is 3.59. The van der Waals surface area contributed by atoms with Crippen molar-refractivity contribution >= 4 is 17.5 Å². The summed E-state index contributed by atoms with van der Waals surface area (Å²) in [5.74, 6) is -8.56. The molecule has 9 heteroatoms. The first kappa shape index (κ1) is 25.3. The van der Waals surface area contributed by atoms with Crippen molar-refractivity contribution in [2.45, 2.75) is 76.2 Å². The zero-order chi connectivity index (χ0) is 26.0. The van der Waals surface area contributed by atoms with Gasteiger partial charge in [0.1, 0.15) is 17.4 Å². The van der Waals surface area contributed by atoms with Gasteiger partial charge in [0, 0.05) is 22.9 Å². The standard InChI is InChI=1S/C26H33NO8/c1-5-9-25(3,4)27-24(34)18-15(29)10-13-20(30)16-11(2)12-7-6-8-14(28)17(12)21(31)19(16)23(33)26(13,35)22(18)32/h6-8,11,13,15-16,18,20,28-30,33,35H,5,9-10H2,1-4H3,(H,27,34)/t11-,13+,15?,16+,18?,20+,26+/m0/s1. The Bertz CT molecular complexity index is 1120. The third-order valence-electron chi connectivity index (χ3n) is 8.00. The fourth-order valence-corrected chi connectivity index (χ4v) is 6.33. The number of aromatic hydroxyl groups is 1. The van der Waals surface area contributed by atoms with Gasteiger partial charge in [0.05, 0.1) is 17.8 Å². The Morgan fingerprint density at radius 2 is 1.86 bits per heavy atom. The van der Waals surface area contributed by atoms with Crippen molar-refractivity contribution in [2.24, 2.45) is 17.8 Å². The smallest absolute Gasteiger partial charge is 0.233 e. The number of rotatable bonds is 4. The van der Waals surface area contributed by atoms with Crippen LogP contribution in [0, 0.1) is 17.8 Å². The summed E-state index contributed by atoms with van der Waals surface area (Å²) in [4.78, 5) is 40.0. The van der Waals surface area contributed by atoms with Crippen LogP contribution in [0.5, 0.6) is 5.75 Å². The van der Waals surface area contributed by atoms with E-state index in [1.54, 1.807) is 32.9 Å². The van der Waals surface area contributed by atoms with E-state index in [1.165, 1.54) is 6.07 Å². The van der Waals surface area contributed by atoms with Gasteiger partial charge in [-0.05, 0) is 44.2 Å². The van der Waals surface area contributed by atoms with Gasteiger partial charge in [-0.2, -0.15) is 0 Å². The van der Waals surface area contributed by atoms with Crippen LogP contribution in [-0.2, 0) is 9.59 Å². The van der Waals surface area contributed by atoms with E-state index in [0.717, 1.165) is 6.42 Å². The number of Topliss-reactive ketones (excluding diaryl/α,β-unsaturated/α-hetero) is 2. The number of nitrogens with one attached hydrogen (secondary N) is 1. The molecule has 0 aliphatic heterocycles. The Balaban J connectivity index is 1.82. The number of amides is 1. The summed E-state index contributed by atoms with van der Waals surface area (Å²) >= 11 is 0. The van der Waals surface area contributed by atoms with Crippen LogP contribution in [0.4, 0.5) is 0 Å². The van der Waals surface area contributed by atoms with Crippen LogP contribution in [0.2, 0.25) is 0 Å². The molecule has 0 spiro atoms. The van der Waals surface area contributed by atoms with Gasteiger partial charge in [-0.1, -0.05) is 32.4 Å². The lowest BCUT2D eigenvalue weighted by Crippen LogP contribution is -2.68. The van der Waals surface area contributed by atoms with E-state index in [4.69, 9.17) is 0 Å². The Morgan fingerprint density at radius 3 is 2.49 bits per heavy atom. The van der Waals surface area contributed by atoms with Crippen LogP contribution >= 0.6 is 0 Å². The molecule has 1 fully saturated rings. The normalized spacial score (nSPS) is 34.7. The van der Waals surface area contributed by atoms with Crippen LogP contribution in [0.15, 0.2) is 29.5 Å². The number of phenols is 1. The number of benzene rings is 1. The monoisotopic (exact) mass is 487 g/mol. The fourth-order valence-electron chi connectivity index (χ4n) is 6.33. The molecule has 0 aromatic heterocycles. The highest BCUT2D eigenvalue weighted by molar-refractivity contribution is 6.15. The van der Waals surface area contributed by atoms with Crippen LogP contribution < -0.4 is 5.32 Å². The second-order valence-electron chi connectivity index (χ2n) is 10.8. The van der Waals surface area contributed by atoms with Gasteiger partial charge in [0.2, 0.25) is 5.91 Å². The van der Waals surface area contributed by atoms with Crippen molar-refractivity contribution < 1.29 is 39.9 Å². The maximum absolute atomic E-state index is 13.6. The quantitative estimate of drug-likeness (QED) is 0.348. The van der Waals surface area contributed by atoms with Gasteiger partial charge in [-0.25, -0.2) is 0 Å². The minimum atomic E-state index is -2.74. The van der Waals surface area contributed by atoms with Gasteiger partial charge < -0.3 is 30.8 Å². The van der Waals surface area contributed by atoms with Gasteiger partial charge >= 0.3 is 0 Å². The van der Waals surface area contributed by atoms with E-state index in [-0.39, 0.29) is 23.3 Å². The summed E-state index contributed by atoms with van der Waals surface area (Å²) in [7, 11) is 0. The molecule has 1 saturated carbocycles. The topological polar surface area (TPSA) is 164 Å². The van der Waals surface area contributed by atoms with E-state index in [2.05, 4.69) is 5.32 Å². The Hall–Kier alpha value is -2.75. The average molecular weight is 488 g/mol. The average Bonchev–Trinajstić information content (AvgIpc) is 2.76. The van der Waals surface area contributed by atoms with Gasteiger partial charge in [0.15, 0.2) is 17.2 Å². The Kier molecular flexibility index (Phi) is 6.10. The number of aliphatic hydroxyl groups excluding tert-OH is 3. The number of hydrogen-bond donors (Lipinski definition) is 6. The third-order valence-corrected chi connectivity index (χ3v) is 8.00. The molecular formula is C26H33NO8. The lowest BCUT2D eigenvalue weighted by atomic mass is 9.54. The zero-order valence-electron chi connectivity index (χ0n) is 20.3. The SMILES string of the molecule is CCCC(C)(C)NC(=O)C1C(=O)[C@@]2(O)C(O)=C3C(=O)c4c(O)cccc4[C@H](C)[C@H]3[C@H](O)[C@H]2CC1O. The highest BCUT2D eigenvalue weighted by atomic mass is 16.4. The van der Waals surface area contributed by atoms with Gasteiger partial charge in [-0.15, -0.1) is 0 Å². The minimum absolute atomic E-state index is 0.0639. The van der Waals surface area contributed by atoms with Gasteiger partial charge in [0.25, 0.3) is 0 Å². The molecule has 190 valence electrons. The molecule has 0 heterocycles. The number of fused-ring (bicyclic) bond motifs is 3. The molecule has 7 atom stereocenters. The van der Waals surface area contributed by atoms with Crippen molar-refractivity contribution in [3.05, 3.63) is 40.7 Å². The molecule has 35 heavy (non-hydrogen) atoms. The van der Waals surface area contributed by atoms with Crippen molar-refractivity contribution in [3.8, 4) is 5.75 Å². The first-order valence-electron chi connectivity index (χ1n) is 12.0. The Morgan fingerprint density at radius 1 is 1.20 bits per heavy atom. The molecule has 4 rings (SSSR count). The summed E-state index contributed by atoms with van der Waals surface area (Å²) in [6, 6.07) is 4.52. The molecule has 0 bridgehead atoms. The van der Waals surface area contributed by atoms with Gasteiger partial charge in [-0.3, -0.25) is 14.4 Å². The number of ketones is 2. The molecule has 1 amide bonds. The summed E-state index contributed by atoms with van der Waals surface area (Å²) in [5, 5.41) is 58.0. The maximum atomic E-state index is 13.6. The highest BCUT2D eigenvalue weighted by Gasteiger charge is 2.66. The summed E-state index contributed by atoms with van der Waals surface area (Å²) in [6.07, 6.45) is -1.94. The largest absolute Gasteiger partial charge is 0.508 e. The zero-order valence-corrected chi connectivity index (χ0v) is 20.3. The van der Waals surface area contributed by atoms with Crippen LogP contribution in [-0.4, -0.2) is 66.4 Å². The summed E-state index contributed by atoms with van der Waals surface area (Å²) in [5.41, 5.74) is -3.37. The van der Waals surface area contributed by atoms with Crippen LogP contribution in [0.3, 0.4) is 0 Å². The number of aliphatic hydroxyl groups is 4. The van der Waals surface area contributed by atoms with Crippen LogP contribution in [0.25, 0.3) is 0 Å². The molecule has 3 aliphatic rings. The van der Waals surface area contributed by atoms with E-state index >= 15 is 0 Å². The molecule has 3 aliphatic carbocycles. The molecule has 1 aromatic rings. The summed E-state index contributed by atoms with van der Waals surface area (Å²) < 4.78 is 0. The minimum Gasteiger partial charge on any atom is -0.508 e. The second-order valence-corrected chi connectivity index (χ2v) is 10.8. The van der Waals surface area contributed by atoms with Crippen molar-refractivity contribution in [2.75, 3.05) is 0 Å². The van der Waals surface area contributed by atoms with Crippen LogP contribution in [0.1, 0.15) is 68.8 Å². The van der Waals surface area contributed by atoms with Crippen molar-refractivity contribution in [1.29, 1.82) is 0 Å². The molecule has 1 aromatic carbocycles. The molecule has 0 saturated heterocycles. The fraction of sp³-hybridized carbons (Fsp3) is 0.577. The molecule has 2 unspecified atom stereocenters. The number of hydrogen-bond acceptors (Lipinski definition) is 8. The second kappa shape index (κ2) is 8.43. The first-order valence-corrected chi connectivity index (χ1v) is 12.0. The molecule has 9 nitrogen and oxygen atoms in total. The van der Waals surface area contributed by atoms with E-state index < -0.39 is 70.3 Å². The molecule has 0 radical (unpaired) electrons. The Labute approximate surface area is 203 Å². The molecule has 6 N–H and O–H groups in total. The van der Waals surface area contributed by atoms with Crippen molar-refractivity contribution in [3.63, 3.8) is 0 Å². The van der Waals surface area contributed by atoms with E-state index in [9.17, 15) is 39.9 Å². The van der Waals surface area contributed by atoms with E-state index in [0.29, 0.717) is 12.0 Å².